The van der Waals surface area contributed by atoms with Crippen molar-refractivity contribution in [1.82, 2.24) is 4.98 Å². The van der Waals surface area contributed by atoms with Crippen molar-refractivity contribution >= 4 is 29.0 Å². The fourth-order valence-corrected chi connectivity index (χ4v) is 2.03. The average Bonchev–Trinajstić information content (AvgIpc) is 2.29. The van der Waals surface area contributed by atoms with Crippen LogP contribution in [0.3, 0.4) is 0 Å². The molecule has 86 valence electrons. The lowest BCUT2D eigenvalue weighted by molar-refractivity contribution is 0.103. The van der Waals surface area contributed by atoms with Crippen molar-refractivity contribution in [2.45, 2.75) is 6.92 Å². The minimum Gasteiger partial charge on any atom is -0.288 e. The smallest absolute Gasteiger partial charge is 0.197 e. The molecule has 0 radical (unpaired) electrons. The van der Waals surface area contributed by atoms with Gasteiger partial charge in [-0.1, -0.05) is 29.3 Å². The van der Waals surface area contributed by atoms with Crippen molar-refractivity contribution in [3.8, 4) is 0 Å². The summed E-state index contributed by atoms with van der Waals surface area (Å²) in [5.74, 6) is -0.215. The Kier molecular flexibility index (Phi) is 3.46. The van der Waals surface area contributed by atoms with Crippen molar-refractivity contribution in [3.05, 3.63) is 63.4 Å². The Labute approximate surface area is 109 Å². The van der Waals surface area contributed by atoms with Crippen LogP contribution >= 0.6 is 23.2 Å². The van der Waals surface area contributed by atoms with E-state index in [1.54, 1.807) is 30.3 Å². The molecule has 0 amide bonds. The zero-order valence-corrected chi connectivity index (χ0v) is 10.6. The Morgan fingerprint density at radius 2 is 1.76 bits per heavy atom. The van der Waals surface area contributed by atoms with Gasteiger partial charge in [0, 0.05) is 17.5 Å². The number of hydrogen-bond acceptors (Lipinski definition) is 2. The molecular weight excluding hydrogens is 257 g/mol. The Balaban J connectivity index is 2.47. The summed E-state index contributed by atoms with van der Waals surface area (Å²) in [5.41, 5.74) is 1.65. The maximum absolute atomic E-state index is 12.2. The Morgan fingerprint density at radius 1 is 1.12 bits per heavy atom. The van der Waals surface area contributed by atoms with Gasteiger partial charge in [-0.15, -0.1) is 0 Å². The van der Waals surface area contributed by atoms with E-state index in [4.69, 9.17) is 23.2 Å². The number of aryl methyl sites for hydroxylation is 1. The molecule has 4 heteroatoms. The third-order valence-electron chi connectivity index (χ3n) is 2.36. The fourth-order valence-electron chi connectivity index (χ4n) is 1.46. The molecule has 0 fully saturated rings. The van der Waals surface area contributed by atoms with E-state index in [-0.39, 0.29) is 5.78 Å². The van der Waals surface area contributed by atoms with Crippen LogP contribution in [0.25, 0.3) is 0 Å². The largest absolute Gasteiger partial charge is 0.288 e. The molecule has 0 aliphatic rings. The van der Waals surface area contributed by atoms with Crippen LogP contribution in [0.5, 0.6) is 0 Å². The SMILES string of the molecule is Cc1ccc(C(=O)c2c(Cl)cccc2Cl)cn1. The number of benzene rings is 1. The number of carbonyl (C=O) groups is 1. The zero-order valence-electron chi connectivity index (χ0n) is 9.08. The molecule has 0 N–H and O–H groups in total. The summed E-state index contributed by atoms with van der Waals surface area (Å²) in [5, 5.41) is 0.700. The summed E-state index contributed by atoms with van der Waals surface area (Å²) in [6, 6.07) is 8.47. The van der Waals surface area contributed by atoms with E-state index in [0.717, 1.165) is 5.69 Å². The Hall–Kier alpha value is -1.38. The first kappa shape index (κ1) is 12.1. The lowest BCUT2D eigenvalue weighted by Gasteiger charge is -2.05. The first-order valence-corrected chi connectivity index (χ1v) is 5.76. The predicted molar refractivity (Wildman–Crippen MR) is 68.9 cm³/mol. The molecule has 1 aromatic carbocycles. The highest BCUT2D eigenvalue weighted by Gasteiger charge is 2.16. The highest BCUT2D eigenvalue weighted by Crippen LogP contribution is 2.26. The first-order valence-electron chi connectivity index (χ1n) is 5.01. The maximum atomic E-state index is 12.2. The summed E-state index contributed by atoms with van der Waals surface area (Å²) >= 11 is 12.0. The van der Waals surface area contributed by atoms with Gasteiger partial charge in [0.25, 0.3) is 0 Å². The number of carbonyl (C=O) groups excluding carboxylic acids is 1. The van der Waals surface area contributed by atoms with Gasteiger partial charge in [0.2, 0.25) is 0 Å². The predicted octanol–water partition coefficient (Wildman–Crippen LogP) is 3.93. The van der Waals surface area contributed by atoms with Gasteiger partial charge < -0.3 is 0 Å². The minimum absolute atomic E-state index is 0.215. The number of nitrogens with zero attached hydrogens (tertiary/aromatic N) is 1. The van der Waals surface area contributed by atoms with Crippen molar-refractivity contribution in [3.63, 3.8) is 0 Å². The summed E-state index contributed by atoms with van der Waals surface area (Å²) in [6.07, 6.45) is 1.53. The molecule has 2 rings (SSSR count). The van der Waals surface area contributed by atoms with Gasteiger partial charge in [-0.2, -0.15) is 0 Å². The molecule has 1 heterocycles. The van der Waals surface area contributed by atoms with Crippen molar-refractivity contribution < 1.29 is 4.79 Å². The van der Waals surface area contributed by atoms with E-state index in [1.165, 1.54) is 6.20 Å². The third kappa shape index (κ3) is 2.48. The summed E-state index contributed by atoms with van der Waals surface area (Å²) in [6.45, 7) is 1.86. The van der Waals surface area contributed by atoms with E-state index < -0.39 is 0 Å². The van der Waals surface area contributed by atoms with Crippen LogP contribution < -0.4 is 0 Å². The maximum Gasteiger partial charge on any atom is 0.197 e. The van der Waals surface area contributed by atoms with E-state index in [2.05, 4.69) is 4.98 Å². The van der Waals surface area contributed by atoms with Crippen LogP contribution in [-0.2, 0) is 0 Å². The fraction of sp³-hybridized carbons (Fsp3) is 0.0769. The molecule has 0 saturated heterocycles. The van der Waals surface area contributed by atoms with Gasteiger partial charge in [-0.05, 0) is 31.2 Å². The van der Waals surface area contributed by atoms with Crippen molar-refractivity contribution in [1.29, 1.82) is 0 Å². The van der Waals surface area contributed by atoms with Gasteiger partial charge >= 0.3 is 0 Å². The Bertz CT molecular complexity index is 544. The number of rotatable bonds is 2. The number of halogens is 2. The van der Waals surface area contributed by atoms with Crippen LogP contribution in [0.2, 0.25) is 10.0 Å². The van der Waals surface area contributed by atoms with Crippen molar-refractivity contribution in [2.75, 3.05) is 0 Å². The highest BCUT2D eigenvalue weighted by molar-refractivity contribution is 6.40. The lowest BCUT2D eigenvalue weighted by Crippen LogP contribution is -2.04. The van der Waals surface area contributed by atoms with Gasteiger partial charge in [-0.3, -0.25) is 9.78 Å². The van der Waals surface area contributed by atoms with E-state index in [0.29, 0.717) is 21.2 Å². The standard InChI is InChI=1S/C13H9Cl2NO/c1-8-5-6-9(7-16-8)13(17)12-10(14)3-2-4-11(12)15/h2-7H,1H3. The second-order valence-corrected chi connectivity index (χ2v) is 4.43. The highest BCUT2D eigenvalue weighted by atomic mass is 35.5. The molecule has 2 aromatic rings. The van der Waals surface area contributed by atoms with Crippen LogP contribution in [0.4, 0.5) is 0 Å². The normalized spacial score (nSPS) is 10.3. The number of pyridine rings is 1. The lowest BCUT2D eigenvalue weighted by atomic mass is 10.0. The molecule has 0 bridgehead atoms. The summed E-state index contributed by atoms with van der Waals surface area (Å²) < 4.78 is 0. The van der Waals surface area contributed by atoms with Gasteiger partial charge in [-0.25, -0.2) is 0 Å². The molecule has 0 atom stereocenters. The average molecular weight is 266 g/mol. The van der Waals surface area contributed by atoms with E-state index in [9.17, 15) is 4.79 Å². The topological polar surface area (TPSA) is 30.0 Å². The number of ketones is 1. The summed E-state index contributed by atoms with van der Waals surface area (Å²) in [4.78, 5) is 16.3. The first-order chi connectivity index (χ1) is 8.09. The quantitative estimate of drug-likeness (QED) is 0.771. The molecule has 0 aliphatic heterocycles. The molecule has 1 aromatic heterocycles. The number of hydrogen-bond donors (Lipinski definition) is 0. The molecule has 17 heavy (non-hydrogen) atoms. The van der Waals surface area contributed by atoms with Crippen LogP contribution in [0, 0.1) is 6.92 Å². The van der Waals surface area contributed by atoms with Gasteiger partial charge in [0.15, 0.2) is 5.78 Å². The molecule has 0 saturated carbocycles. The number of aromatic nitrogens is 1. The second kappa shape index (κ2) is 4.86. The minimum atomic E-state index is -0.215. The summed E-state index contributed by atoms with van der Waals surface area (Å²) in [7, 11) is 0. The van der Waals surface area contributed by atoms with Crippen LogP contribution in [-0.4, -0.2) is 10.8 Å². The zero-order chi connectivity index (χ0) is 12.4. The molecular formula is C13H9Cl2NO. The monoisotopic (exact) mass is 265 g/mol. The van der Waals surface area contributed by atoms with Crippen LogP contribution in [0.1, 0.15) is 21.6 Å². The van der Waals surface area contributed by atoms with E-state index >= 15 is 0 Å². The van der Waals surface area contributed by atoms with Gasteiger partial charge in [0.1, 0.15) is 0 Å². The molecule has 0 unspecified atom stereocenters. The van der Waals surface area contributed by atoms with Gasteiger partial charge in [0.05, 0.1) is 15.6 Å². The van der Waals surface area contributed by atoms with Crippen LogP contribution in [0.15, 0.2) is 36.5 Å². The third-order valence-corrected chi connectivity index (χ3v) is 2.99. The molecule has 0 aliphatic carbocycles. The Morgan fingerprint density at radius 3 is 2.29 bits per heavy atom. The second-order valence-electron chi connectivity index (χ2n) is 3.61. The van der Waals surface area contributed by atoms with E-state index in [1.807, 2.05) is 6.92 Å². The molecule has 2 nitrogen and oxygen atoms in total. The van der Waals surface area contributed by atoms with Crippen molar-refractivity contribution in [2.24, 2.45) is 0 Å². The molecule has 0 spiro atoms.